The monoisotopic (exact) mass is 264 g/mol. The van der Waals surface area contributed by atoms with E-state index in [9.17, 15) is 4.79 Å². The smallest absolute Gasteiger partial charge is 0.341 e. The number of carbonyl (C=O) groups is 1. The molecule has 0 unspecified atom stereocenters. The lowest BCUT2D eigenvalue weighted by molar-refractivity contribution is 0.0429. The lowest BCUT2D eigenvalue weighted by atomic mass is 10.1. The molecule has 19 heavy (non-hydrogen) atoms. The highest BCUT2D eigenvalue weighted by Crippen LogP contribution is 2.07. The molecule has 7 heteroatoms. The van der Waals surface area contributed by atoms with Gasteiger partial charge >= 0.3 is 5.97 Å². The molecule has 2 heterocycles. The van der Waals surface area contributed by atoms with Crippen LogP contribution >= 0.6 is 0 Å². The number of aryl methyl sites for hydroxylation is 1. The first-order valence-corrected chi connectivity index (χ1v) is 6.02. The Balaban J connectivity index is 1.88. The van der Waals surface area contributed by atoms with Crippen molar-refractivity contribution in [2.45, 2.75) is 26.9 Å². The first-order chi connectivity index (χ1) is 9.04. The molecule has 0 saturated carbocycles. The average Bonchev–Trinajstić information content (AvgIpc) is 2.94. The SMILES string of the molecule is CC(C)Cc1noc(COC(=O)c2cnn(C)c2)n1. The highest BCUT2D eigenvalue weighted by Gasteiger charge is 2.13. The molecule has 0 bridgehead atoms. The molecular formula is C12H16N4O3. The van der Waals surface area contributed by atoms with E-state index in [2.05, 4.69) is 29.1 Å². The van der Waals surface area contributed by atoms with E-state index in [1.165, 1.54) is 10.9 Å². The summed E-state index contributed by atoms with van der Waals surface area (Å²) in [6.07, 6.45) is 3.76. The third-order valence-electron chi connectivity index (χ3n) is 2.37. The van der Waals surface area contributed by atoms with E-state index in [0.717, 1.165) is 6.42 Å². The van der Waals surface area contributed by atoms with Gasteiger partial charge in [-0.2, -0.15) is 10.1 Å². The van der Waals surface area contributed by atoms with Crippen LogP contribution in [0.15, 0.2) is 16.9 Å². The van der Waals surface area contributed by atoms with Crippen LogP contribution in [0.4, 0.5) is 0 Å². The van der Waals surface area contributed by atoms with Crippen molar-refractivity contribution in [1.82, 2.24) is 19.9 Å². The Bertz CT molecular complexity index is 559. The van der Waals surface area contributed by atoms with E-state index in [0.29, 0.717) is 23.2 Å². The van der Waals surface area contributed by atoms with Gasteiger partial charge in [0.1, 0.15) is 0 Å². The van der Waals surface area contributed by atoms with Crippen molar-refractivity contribution in [2.75, 3.05) is 0 Å². The van der Waals surface area contributed by atoms with Crippen molar-refractivity contribution >= 4 is 5.97 Å². The maximum atomic E-state index is 11.7. The quantitative estimate of drug-likeness (QED) is 0.758. The Labute approximate surface area is 110 Å². The lowest BCUT2D eigenvalue weighted by Gasteiger charge is -1.98. The van der Waals surface area contributed by atoms with E-state index in [-0.39, 0.29) is 6.61 Å². The molecular weight excluding hydrogens is 248 g/mol. The fourth-order valence-corrected chi connectivity index (χ4v) is 1.53. The van der Waals surface area contributed by atoms with Gasteiger partial charge < -0.3 is 9.26 Å². The maximum absolute atomic E-state index is 11.7. The van der Waals surface area contributed by atoms with Crippen molar-refractivity contribution in [2.24, 2.45) is 13.0 Å². The molecule has 102 valence electrons. The predicted molar refractivity (Wildman–Crippen MR) is 65.2 cm³/mol. The summed E-state index contributed by atoms with van der Waals surface area (Å²) >= 11 is 0. The molecule has 0 saturated heterocycles. The van der Waals surface area contributed by atoms with E-state index in [1.807, 2.05) is 0 Å². The minimum absolute atomic E-state index is 0.0289. The molecule has 0 aromatic carbocycles. The van der Waals surface area contributed by atoms with Crippen molar-refractivity contribution < 1.29 is 14.1 Å². The van der Waals surface area contributed by atoms with Gasteiger partial charge in [0.2, 0.25) is 0 Å². The number of hydrogen-bond acceptors (Lipinski definition) is 6. The fourth-order valence-electron chi connectivity index (χ4n) is 1.53. The molecule has 0 atom stereocenters. The van der Waals surface area contributed by atoms with E-state index in [1.54, 1.807) is 13.2 Å². The normalized spacial score (nSPS) is 10.9. The minimum atomic E-state index is -0.461. The second-order valence-corrected chi connectivity index (χ2v) is 4.68. The van der Waals surface area contributed by atoms with Crippen LogP contribution in [-0.4, -0.2) is 25.9 Å². The van der Waals surface area contributed by atoms with Gasteiger partial charge in [0.25, 0.3) is 5.89 Å². The summed E-state index contributed by atoms with van der Waals surface area (Å²) in [6.45, 7) is 4.11. The highest BCUT2D eigenvalue weighted by molar-refractivity contribution is 5.88. The van der Waals surface area contributed by atoms with Gasteiger partial charge in [-0.15, -0.1) is 0 Å². The summed E-state index contributed by atoms with van der Waals surface area (Å²) in [7, 11) is 1.73. The number of hydrogen-bond donors (Lipinski definition) is 0. The Hall–Kier alpha value is -2.18. The van der Waals surface area contributed by atoms with Crippen molar-refractivity contribution in [3.63, 3.8) is 0 Å². The molecule has 0 fully saturated rings. The van der Waals surface area contributed by atoms with Gasteiger partial charge in [0.15, 0.2) is 12.4 Å². The summed E-state index contributed by atoms with van der Waals surface area (Å²) in [6, 6.07) is 0. The van der Waals surface area contributed by atoms with E-state index < -0.39 is 5.97 Å². The zero-order chi connectivity index (χ0) is 13.8. The van der Waals surface area contributed by atoms with E-state index in [4.69, 9.17) is 9.26 Å². The van der Waals surface area contributed by atoms with Gasteiger partial charge in [0, 0.05) is 19.7 Å². The number of aromatic nitrogens is 4. The van der Waals surface area contributed by atoms with Gasteiger partial charge in [-0.05, 0) is 5.92 Å². The largest absolute Gasteiger partial charge is 0.452 e. The Morgan fingerprint density at radius 1 is 1.53 bits per heavy atom. The summed E-state index contributed by atoms with van der Waals surface area (Å²) in [5.41, 5.74) is 0.393. The van der Waals surface area contributed by atoms with Crippen LogP contribution in [0.25, 0.3) is 0 Å². The number of esters is 1. The van der Waals surface area contributed by atoms with Crippen LogP contribution < -0.4 is 0 Å². The van der Waals surface area contributed by atoms with Crippen LogP contribution in [-0.2, 0) is 24.8 Å². The Kier molecular flexibility index (Phi) is 3.94. The number of ether oxygens (including phenoxy) is 1. The number of nitrogens with zero attached hydrogens (tertiary/aromatic N) is 4. The summed E-state index contributed by atoms with van der Waals surface area (Å²) in [4.78, 5) is 15.8. The third kappa shape index (κ3) is 3.64. The van der Waals surface area contributed by atoms with Gasteiger partial charge in [-0.3, -0.25) is 4.68 Å². The molecule has 0 N–H and O–H groups in total. The average molecular weight is 264 g/mol. The molecule has 0 aliphatic carbocycles. The zero-order valence-electron chi connectivity index (χ0n) is 11.2. The van der Waals surface area contributed by atoms with Crippen LogP contribution in [0.3, 0.4) is 0 Å². The highest BCUT2D eigenvalue weighted by atomic mass is 16.6. The standard InChI is InChI=1S/C12H16N4O3/c1-8(2)4-10-14-11(19-15-10)7-18-12(17)9-5-13-16(3)6-9/h5-6,8H,4,7H2,1-3H3. The molecule has 0 amide bonds. The fraction of sp³-hybridized carbons (Fsp3) is 0.500. The second-order valence-electron chi connectivity index (χ2n) is 4.68. The molecule has 2 aromatic heterocycles. The molecule has 0 spiro atoms. The second kappa shape index (κ2) is 5.64. The van der Waals surface area contributed by atoms with Crippen molar-refractivity contribution in [3.8, 4) is 0 Å². The lowest BCUT2D eigenvalue weighted by Crippen LogP contribution is -2.04. The molecule has 0 radical (unpaired) electrons. The van der Waals surface area contributed by atoms with Gasteiger partial charge in [0.05, 0.1) is 11.8 Å². The zero-order valence-corrected chi connectivity index (χ0v) is 11.2. The Morgan fingerprint density at radius 3 is 2.95 bits per heavy atom. The Morgan fingerprint density at radius 2 is 2.32 bits per heavy atom. The molecule has 2 rings (SSSR count). The molecule has 0 aliphatic heterocycles. The van der Waals surface area contributed by atoms with Crippen LogP contribution in [0.1, 0.15) is 35.9 Å². The summed E-state index contributed by atoms with van der Waals surface area (Å²) in [5, 5.41) is 7.71. The van der Waals surface area contributed by atoms with Gasteiger partial charge in [-0.1, -0.05) is 19.0 Å². The topological polar surface area (TPSA) is 83.0 Å². The molecule has 0 aliphatic rings. The van der Waals surface area contributed by atoms with Crippen molar-refractivity contribution in [1.29, 1.82) is 0 Å². The molecule has 7 nitrogen and oxygen atoms in total. The first kappa shape index (κ1) is 13.3. The maximum Gasteiger partial charge on any atom is 0.341 e. The minimum Gasteiger partial charge on any atom is -0.452 e. The molecule has 2 aromatic rings. The van der Waals surface area contributed by atoms with Crippen molar-refractivity contribution in [3.05, 3.63) is 29.7 Å². The van der Waals surface area contributed by atoms with Crippen LogP contribution in [0, 0.1) is 5.92 Å². The first-order valence-electron chi connectivity index (χ1n) is 6.02. The number of carbonyl (C=O) groups excluding carboxylic acids is 1. The summed E-state index contributed by atoms with van der Waals surface area (Å²) in [5.74, 6) is 0.912. The summed E-state index contributed by atoms with van der Waals surface area (Å²) < 4.78 is 11.6. The number of rotatable bonds is 5. The van der Waals surface area contributed by atoms with Gasteiger partial charge in [-0.25, -0.2) is 4.79 Å². The van der Waals surface area contributed by atoms with Crippen LogP contribution in [0.5, 0.6) is 0 Å². The van der Waals surface area contributed by atoms with Crippen LogP contribution in [0.2, 0.25) is 0 Å². The predicted octanol–water partition coefficient (Wildman–Crippen LogP) is 1.36. The van der Waals surface area contributed by atoms with E-state index >= 15 is 0 Å². The third-order valence-corrected chi connectivity index (χ3v) is 2.37.